The molecular weight excluding hydrogens is 244 g/mol. The van der Waals surface area contributed by atoms with Gasteiger partial charge in [-0.25, -0.2) is 0 Å². The molecule has 1 N–H and O–H groups in total. The molecule has 1 saturated heterocycles. The van der Waals surface area contributed by atoms with Crippen LogP contribution in [-0.4, -0.2) is 18.6 Å². The average Bonchev–Trinajstić information content (AvgIpc) is 2.47. The molecule has 0 atom stereocenters. The Morgan fingerprint density at radius 2 is 1.70 bits per heavy atom. The summed E-state index contributed by atoms with van der Waals surface area (Å²) in [4.78, 5) is 2.52. The highest BCUT2D eigenvalue weighted by molar-refractivity contribution is 5.47. The zero-order valence-corrected chi connectivity index (χ0v) is 13.4. The summed E-state index contributed by atoms with van der Waals surface area (Å²) in [5.74, 6) is 0. The van der Waals surface area contributed by atoms with Crippen molar-refractivity contribution < 1.29 is 0 Å². The third-order valence-electron chi connectivity index (χ3n) is 4.30. The highest BCUT2D eigenvalue weighted by Gasteiger charge is 2.15. The van der Waals surface area contributed by atoms with Crippen LogP contribution in [-0.2, 0) is 6.54 Å². The predicted molar refractivity (Wildman–Crippen MR) is 88.3 cm³/mol. The molecule has 0 spiro atoms. The van der Waals surface area contributed by atoms with Gasteiger partial charge >= 0.3 is 0 Å². The van der Waals surface area contributed by atoms with Crippen LogP contribution >= 0.6 is 0 Å². The molecule has 2 nitrogen and oxygen atoms in total. The maximum Gasteiger partial charge on any atom is 0.0366 e. The van der Waals surface area contributed by atoms with Crippen LogP contribution < -0.4 is 10.2 Å². The molecule has 0 radical (unpaired) electrons. The first-order valence-corrected chi connectivity index (χ1v) is 8.20. The number of anilines is 1. The summed E-state index contributed by atoms with van der Waals surface area (Å²) in [5, 5.41) is 3.66. The maximum absolute atomic E-state index is 3.66. The first-order valence-electron chi connectivity index (χ1n) is 8.20. The lowest BCUT2D eigenvalue weighted by molar-refractivity contribution is 0.357. The minimum absolute atomic E-state index is 0.236. The first-order chi connectivity index (χ1) is 9.61. The van der Waals surface area contributed by atoms with Gasteiger partial charge in [0, 0.05) is 30.9 Å². The van der Waals surface area contributed by atoms with Crippen LogP contribution in [0.2, 0.25) is 0 Å². The van der Waals surface area contributed by atoms with Crippen molar-refractivity contribution in [3.05, 3.63) is 29.8 Å². The molecule has 2 heteroatoms. The van der Waals surface area contributed by atoms with Crippen molar-refractivity contribution in [1.29, 1.82) is 0 Å². The fourth-order valence-electron chi connectivity index (χ4n) is 3.03. The molecule has 112 valence electrons. The number of piperidine rings is 1. The van der Waals surface area contributed by atoms with Gasteiger partial charge in [-0.05, 0) is 57.2 Å². The van der Waals surface area contributed by atoms with E-state index in [1.165, 1.54) is 56.4 Å². The summed E-state index contributed by atoms with van der Waals surface area (Å²) < 4.78 is 0. The molecule has 1 aliphatic heterocycles. The van der Waals surface area contributed by atoms with E-state index in [9.17, 15) is 0 Å². The predicted octanol–water partition coefficient (Wildman–Crippen LogP) is 4.35. The van der Waals surface area contributed by atoms with Crippen LogP contribution in [0.1, 0.15) is 58.4 Å². The van der Waals surface area contributed by atoms with Gasteiger partial charge in [-0.2, -0.15) is 0 Å². The van der Waals surface area contributed by atoms with Crippen molar-refractivity contribution in [3.63, 3.8) is 0 Å². The van der Waals surface area contributed by atoms with E-state index in [1.54, 1.807) is 0 Å². The van der Waals surface area contributed by atoms with Crippen LogP contribution in [0.5, 0.6) is 0 Å². The molecule has 1 heterocycles. The summed E-state index contributed by atoms with van der Waals surface area (Å²) >= 11 is 0. The lowest BCUT2D eigenvalue weighted by Gasteiger charge is -2.29. The fraction of sp³-hybridized carbons (Fsp3) is 0.667. The number of hydrogen-bond acceptors (Lipinski definition) is 2. The van der Waals surface area contributed by atoms with Gasteiger partial charge in [0.25, 0.3) is 0 Å². The quantitative estimate of drug-likeness (QED) is 0.830. The Morgan fingerprint density at radius 3 is 2.30 bits per heavy atom. The van der Waals surface area contributed by atoms with Gasteiger partial charge in [-0.3, -0.25) is 0 Å². The maximum atomic E-state index is 3.66. The molecule has 2 rings (SSSR count). The van der Waals surface area contributed by atoms with Crippen LogP contribution in [0.3, 0.4) is 0 Å². The second-order valence-corrected chi connectivity index (χ2v) is 6.70. The standard InChI is InChI=1S/C18H30N2/c1-4-12-18(2,3)19-15-16-8-10-17(11-9-16)20-13-6-5-7-14-20/h8-11,19H,4-7,12-15H2,1-3H3. The Morgan fingerprint density at radius 1 is 1.05 bits per heavy atom. The van der Waals surface area contributed by atoms with E-state index in [0.29, 0.717) is 0 Å². The lowest BCUT2D eigenvalue weighted by Crippen LogP contribution is -2.38. The van der Waals surface area contributed by atoms with E-state index in [2.05, 4.69) is 55.3 Å². The van der Waals surface area contributed by atoms with Gasteiger partial charge in [-0.15, -0.1) is 0 Å². The SMILES string of the molecule is CCCC(C)(C)NCc1ccc(N2CCCCC2)cc1. The average molecular weight is 274 g/mol. The van der Waals surface area contributed by atoms with Crippen LogP contribution in [0, 0.1) is 0 Å². The highest BCUT2D eigenvalue weighted by atomic mass is 15.1. The molecule has 1 fully saturated rings. The normalized spacial score (nSPS) is 16.4. The van der Waals surface area contributed by atoms with Crippen molar-refractivity contribution >= 4 is 5.69 Å². The van der Waals surface area contributed by atoms with Gasteiger partial charge < -0.3 is 10.2 Å². The molecule has 20 heavy (non-hydrogen) atoms. The third kappa shape index (κ3) is 4.52. The number of nitrogens with one attached hydrogen (secondary N) is 1. The van der Waals surface area contributed by atoms with E-state index in [4.69, 9.17) is 0 Å². The van der Waals surface area contributed by atoms with Crippen LogP contribution in [0.15, 0.2) is 24.3 Å². The minimum Gasteiger partial charge on any atom is -0.372 e. The first kappa shape index (κ1) is 15.4. The van der Waals surface area contributed by atoms with E-state index in [0.717, 1.165) is 6.54 Å². The van der Waals surface area contributed by atoms with Crippen molar-refractivity contribution in [2.75, 3.05) is 18.0 Å². The smallest absolute Gasteiger partial charge is 0.0366 e. The Hall–Kier alpha value is -1.02. The Labute approximate surface area is 124 Å². The highest BCUT2D eigenvalue weighted by Crippen LogP contribution is 2.20. The van der Waals surface area contributed by atoms with E-state index in [1.807, 2.05) is 0 Å². The van der Waals surface area contributed by atoms with Crippen molar-refractivity contribution in [1.82, 2.24) is 5.32 Å². The summed E-state index contributed by atoms with van der Waals surface area (Å²) in [5.41, 5.74) is 3.01. The molecule has 1 aromatic rings. The Kier molecular flexibility index (Phi) is 5.47. The van der Waals surface area contributed by atoms with E-state index in [-0.39, 0.29) is 5.54 Å². The summed E-state index contributed by atoms with van der Waals surface area (Å²) in [7, 11) is 0. The summed E-state index contributed by atoms with van der Waals surface area (Å²) in [6, 6.07) is 9.13. The number of hydrogen-bond donors (Lipinski definition) is 1. The van der Waals surface area contributed by atoms with Gasteiger partial charge in [0.15, 0.2) is 0 Å². The largest absolute Gasteiger partial charge is 0.372 e. The van der Waals surface area contributed by atoms with Gasteiger partial charge in [0.05, 0.1) is 0 Å². The Bertz CT molecular complexity index is 388. The Balaban J connectivity index is 1.88. The minimum atomic E-state index is 0.236. The molecule has 0 aliphatic carbocycles. The third-order valence-corrected chi connectivity index (χ3v) is 4.30. The molecule has 0 aromatic heterocycles. The number of rotatable bonds is 6. The number of benzene rings is 1. The monoisotopic (exact) mass is 274 g/mol. The molecule has 0 saturated carbocycles. The lowest BCUT2D eigenvalue weighted by atomic mass is 9.98. The van der Waals surface area contributed by atoms with Gasteiger partial charge in [-0.1, -0.05) is 25.5 Å². The second kappa shape index (κ2) is 7.12. The molecule has 0 unspecified atom stereocenters. The second-order valence-electron chi connectivity index (χ2n) is 6.70. The molecule has 0 bridgehead atoms. The summed E-state index contributed by atoms with van der Waals surface area (Å²) in [6.07, 6.45) is 6.53. The molecule has 0 amide bonds. The molecule has 1 aromatic carbocycles. The summed E-state index contributed by atoms with van der Waals surface area (Å²) in [6.45, 7) is 10.2. The van der Waals surface area contributed by atoms with Crippen molar-refractivity contribution in [2.45, 2.75) is 65.0 Å². The van der Waals surface area contributed by atoms with Crippen LogP contribution in [0.4, 0.5) is 5.69 Å². The van der Waals surface area contributed by atoms with Crippen LogP contribution in [0.25, 0.3) is 0 Å². The molecule has 1 aliphatic rings. The van der Waals surface area contributed by atoms with E-state index < -0.39 is 0 Å². The zero-order valence-electron chi connectivity index (χ0n) is 13.4. The number of nitrogens with zero attached hydrogens (tertiary/aromatic N) is 1. The van der Waals surface area contributed by atoms with Crippen molar-refractivity contribution in [3.8, 4) is 0 Å². The zero-order chi connectivity index (χ0) is 14.4. The van der Waals surface area contributed by atoms with Crippen molar-refractivity contribution in [2.24, 2.45) is 0 Å². The van der Waals surface area contributed by atoms with Gasteiger partial charge in [0.2, 0.25) is 0 Å². The fourth-order valence-corrected chi connectivity index (χ4v) is 3.03. The molecular formula is C18H30N2. The van der Waals surface area contributed by atoms with Gasteiger partial charge in [0.1, 0.15) is 0 Å². The topological polar surface area (TPSA) is 15.3 Å². The van der Waals surface area contributed by atoms with E-state index >= 15 is 0 Å².